The number of nitrogens with one attached hydrogen (secondary N) is 2. The molecule has 3 amide bonds. The van der Waals surface area contributed by atoms with E-state index in [0.717, 1.165) is 6.42 Å². The maximum Gasteiger partial charge on any atom is 0.329 e. The summed E-state index contributed by atoms with van der Waals surface area (Å²) in [6.07, 6.45) is 0.836. The topological polar surface area (TPSA) is 108 Å². The van der Waals surface area contributed by atoms with Gasteiger partial charge in [0.1, 0.15) is 13.2 Å². The van der Waals surface area contributed by atoms with Crippen LogP contribution < -0.4 is 10.6 Å². The number of carboxylic acids is 1. The number of carbonyl (C=O) groups is 3. The number of nitrogens with zero attached hydrogens (tertiary/aromatic N) is 1. The second-order valence-electron chi connectivity index (χ2n) is 3.88. The Morgan fingerprint density at radius 2 is 1.89 bits per heavy atom. The van der Waals surface area contributed by atoms with E-state index in [0.29, 0.717) is 6.54 Å². The van der Waals surface area contributed by atoms with E-state index in [2.05, 4.69) is 10.6 Å². The second kappa shape index (κ2) is 10.1. The van der Waals surface area contributed by atoms with Crippen LogP contribution >= 0.6 is 0 Å². The molecule has 0 bridgehead atoms. The van der Waals surface area contributed by atoms with Gasteiger partial charge in [0.2, 0.25) is 5.91 Å². The summed E-state index contributed by atoms with van der Waals surface area (Å²) in [6.45, 7) is 2.39. The van der Waals surface area contributed by atoms with Gasteiger partial charge in [0, 0.05) is 20.1 Å². The van der Waals surface area contributed by atoms with Gasteiger partial charge in [0.25, 0.3) is 0 Å². The fourth-order valence-corrected chi connectivity index (χ4v) is 1.13. The lowest BCUT2D eigenvalue weighted by atomic mass is 10.4. The van der Waals surface area contributed by atoms with Crippen molar-refractivity contribution in [2.24, 2.45) is 0 Å². The summed E-state index contributed by atoms with van der Waals surface area (Å²) in [7, 11) is 1.50. The molecule has 8 heteroatoms. The summed E-state index contributed by atoms with van der Waals surface area (Å²) < 4.78 is 4.75. The van der Waals surface area contributed by atoms with Crippen LogP contribution in [0.3, 0.4) is 0 Å². The van der Waals surface area contributed by atoms with E-state index in [9.17, 15) is 14.4 Å². The molecule has 0 aromatic carbocycles. The highest BCUT2D eigenvalue weighted by Gasteiger charge is 2.11. The van der Waals surface area contributed by atoms with E-state index in [4.69, 9.17) is 9.84 Å². The minimum absolute atomic E-state index is 0.0260. The second-order valence-corrected chi connectivity index (χ2v) is 3.88. The normalized spacial score (nSPS) is 9.79. The van der Waals surface area contributed by atoms with E-state index in [1.165, 1.54) is 11.9 Å². The van der Waals surface area contributed by atoms with Crippen molar-refractivity contribution in [1.29, 1.82) is 0 Å². The molecule has 0 saturated heterocycles. The molecule has 0 aliphatic heterocycles. The molecule has 19 heavy (non-hydrogen) atoms. The molecule has 0 spiro atoms. The number of likely N-dealkylation sites (N-methyl/N-ethyl adjacent to an activating group) is 1. The average molecular weight is 275 g/mol. The molecule has 0 aliphatic carbocycles. The highest BCUT2D eigenvalue weighted by Crippen LogP contribution is 1.85. The van der Waals surface area contributed by atoms with Crippen molar-refractivity contribution in [1.82, 2.24) is 15.5 Å². The SMILES string of the molecule is CCCNC(=O)CN(C)C(=O)NCCOCC(=O)O. The smallest absolute Gasteiger partial charge is 0.329 e. The van der Waals surface area contributed by atoms with Gasteiger partial charge < -0.3 is 25.4 Å². The third kappa shape index (κ3) is 9.83. The van der Waals surface area contributed by atoms with Gasteiger partial charge in [-0.2, -0.15) is 0 Å². The molecule has 0 radical (unpaired) electrons. The lowest BCUT2D eigenvalue weighted by molar-refractivity contribution is -0.142. The van der Waals surface area contributed by atoms with Crippen LogP contribution in [0, 0.1) is 0 Å². The van der Waals surface area contributed by atoms with Crippen molar-refractivity contribution in [2.45, 2.75) is 13.3 Å². The number of amides is 3. The van der Waals surface area contributed by atoms with Gasteiger partial charge >= 0.3 is 12.0 Å². The highest BCUT2D eigenvalue weighted by atomic mass is 16.5. The Labute approximate surface area is 112 Å². The van der Waals surface area contributed by atoms with Crippen molar-refractivity contribution in [3.8, 4) is 0 Å². The Kier molecular flexibility index (Phi) is 9.15. The monoisotopic (exact) mass is 275 g/mol. The Balaban J connectivity index is 3.69. The van der Waals surface area contributed by atoms with Gasteiger partial charge in [-0.1, -0.05) is 6.92 Å². The zero-order chi connectivity index (χ0) is 14.7. The molecule has 0 aromatic heterocycles. The van der Waals surface area contributed by atoms with Crippen LogP contribution in [0.2, 0.25) is 0 Å². The molecule has 0 saturated carbocycles. The molecule has 0 unspecified atom stereocenters. The quantitative estimate of drug-likeness (QED) is 0.480. The third-order valence-electron chi connectivity index (χ3n) is 2.05. The zero-order valence-electron chi connectivity index (χ0n) is 11.3. The van der Waals surface area contributed by atoms with Crippen molar-refractivity contribution >= 4 is 17.9 Å². The number of hydrogen-bond donors (Lipinski definition) is 3. The van der Waals surface area contributed by atoms with Gasteiger partial charge in [-0.25, -0.2) is 9.59 Å². The number of carbonyl (C=O) groups excluding carboxylic acids is 2. The number of rotatable bonds is 9. The lowest BCUT2D eigenvalue weighted by Crippen LogP contribution is -2.44. The first-order valence-corrected chi connectivity index (χ1v) is 6.02. The summed E-state index contributed by atoms with van der Waals surface area (Å²) >= 11 is 0. The van der Waals surface area contributed by atoms with E-state index in [1.54, 1.807) is 0 Å². The van der Waals surface area contributed by atoms with Gasteiger partial charge in [0.05, 0.1) is 6.61 Å². The minimum atomic E-state index is -1.06. The standard InChI is InChI=1S/C11H21N3O5/c1-3-4-12-9(15)7-14(2)11(18)13-5-6-19-8-10(16)17/h3-8H2,1-2H3,(H,12,15)(H,13,18)(H,16,17). The van der Waals surface area contributed by atoms with Crippen LogP contribution in [0.1, 0.15) is 13.3 Å². The molecule has 0 fully saturated rings. The molecule has 3 N–H and O–H groups in total. The molecular formula is C11H21N3O5. The maximum atomic E-state index is 11.5. The summed E-state index contributed by atoms with van der Waals surface area (Å²) in [6, 6.07) is -0.412. The molecule has 0 atom stereocenters. The van der Waals surface area contributed by atoms with Gasteiger partial charge in [-0.15, -0.1) is 0 Å². The Bertz CT molecular complexity index is 309. The number of carboxylic acid groups (broad SMARTS) is 1. The predicted molar refractivity (Wildman–Crippen MR) is 67.8 cm³/mol. The van der Waals surface area contributed by atoms with Crippen molar-refractivity contribution in [3.05, 3.63) is 0 Å². The van der Waals surface area contributed by atoms with Gasteiger partial charge in [0.15, 0.2) is 0 Å². The van der Waals surface area contributed by atoms with Crippen molar-refractivity contribution in [3.63, 3.8) is 0 Å². The minimum Gasteiger partial charge on any atom is -0.480 e. The summed E-state index contributed by atoms with van der Waals surface area (Å²) in [4.78, 5) is 34.2. The van der Waals surface area contributed by atoms with Crippen LogP contribution in [-0.2, 0) is 14.3 Å². The average Bonchev–Trinajstić information content (AvgIpc) is 2.35. The van der Waals surface area contributed by atoms with Crippen LogP contribution in [-0.4, -0.2) is 67.8 Å². The number of urea groups is 1. The van der Waals surface area contributed by atoms with Crippen molar-refractivity contribution < 1.29 is 24.2 Å². The van der Waals surface area contributed by atoms with Gasteiger partial charge in [-0.3, -0.25) is 4.79 Å². The van der Waals surface area contributed by atoms with Crippen LogP contribution in [0.4, 0.5) is 4.79 Å². The number of hydrogen-bond acceptors (Lipinski definition) is 4. The van der Waals surface area contributed by atoms with E-state index in [-0.39, 0.29) is 25.6 Å². The molecule has 0 rings (SSSR count). The first-order valence-electron chi connectivity index (χ1n) is 6.02. The summed E-state index contributed by atoms with van der Waals surface area (Å²) in [5.74, 6) is -1.28. The number of ether oxygens (including phenoxy) is 1. The number of aliphatic carboxylic acids is 1. The van der Waals surface area contributed by atoms with E-state index >= 15 is 0 Å². The predicted octanol–water partition coefficient (Wildman–Crippen LogP) is -0.745. The summed E-state index contributed by atoms with van der Waals surface area (Å²) in [5, 5.41) is 13.5. The first kappa shape index (κ1) is 17.2. The largest absolute Gasteiger partial charge is 0.480 e. The van der Waals surface area contributed by atoms with Crippen molar-refractivity contribution in [2.75, 3.05) is 39.9 Å². The zero-order valence-corrected chi connectivity index (χ0v) is 11.3. The van der Waals surface area contributed by atoms with Crippen LogP contribution in [0.5, 0.6) is 0 Å². The Morgan fingerprint density at radius 3 is 2.47 bits per heavy atom. The molecule has 8 nitrogen and oxygen atoms in total. The third-order valence-corrected chi connectivity index (χ3v) is 2.05. The molecular weight excluding hydrogens is 254 g/mol. The maximum absolute atomic E-state index is 11.5. The fourth-order valence-electron chi connectivity index (χ4n) is 1.13. The molecule has 0 aliphatic rings. The molecule has 110 valence electrons. The fraction of sp³-hybridized carbons (Fsp3) is 0.727. The molecule has 0 aromatic rings. The van der Waals surface area contributed by atoms with E-state index in [1.807, 2.05) is 6.92 Å². The van der Waals surface area contributed by atoms with Crippen LogP contribution in [0.15, 0.2) is 0 Å². The summed E-state index contributed by atoms with van der Waals surface area (Å²) in [5.41, 5.74) is 0. The van der Waals surface area contributed by atoms with Gasteiger partial charge in [-0.05, 0) is 6.42 Å². The Hall–Kier alpha value is -1.83. The van der Waals surface area contributed by atoms with E-state index < -0.39 is 18.6 Å². The van der Waals surface area contributed by atoms with Crippen LogP contribution in [0.25, 0.3) is 0 Å². The lowest BCUT2D eigenvalue weighted by Gasteiger charge is -2.17. The first-order chi connectivity index (χ1) is 8.97. The Morgan fingerprint density at radius 1 is 1.21 bits per heavy atom. The molecule has 0 heterocycles. The highest BCUT2D eigenvalue weighted by molar-refractivity contribution is 5.83.